The minimum atomic E-state index is -0.381. The zero-order valence-electron chi connectivity index (χ0n) is 16.5. The highest BCUT2D eigenvalue weighted by Gasteiger charge is 2.29. The molecule has 0 radical (unpaired) electrons. The number of likely N-dealkylation sites (tertiary alicyclic amines) is 1. The number of nitrogens with zero attached hydrogens (tertiary/aromatic N) is 3. The van der Waals surface area contributed by atoms with Crippen LogP contribution in [-0.2, 0) is 0 Å². The molecule has 6 nitrogen and oxygen atoms in total. The molecular weight excluding hydrogens is 403 g/mol. The van der Waals surface area contributed by atoms with Gasteiger partial charge in [0.15, 0.2) is 0 Å². The summed E-state index contributed by atoms with van der Waals surface area (Å²) in [5.74, 6) is -0.671. The molecule has 30 heavy (non-hydrogen) atoms. The molecule has 154 valence electrons. The Morgan fingerprint density at radius 2 is 1.90 bits per heavy atom. The van der Waals surface area contributed by atoms with Crippen molar-refractivity contribution in [3.63, 3.8) is 0 Å². The van der Waals surface area contributed by atoms with Gasteiger partial charge in [-0.15, -0.1) is 10.2 Å². The van der Waals surface area contributed by atoms with Crippen molar-refractivity contribution >= 4 is 28.8 Å². The summed E-state index contributed by atoms with van der Waals surface area (Å²) < 4.78 is 13.0. The lowest BCUT2D eigenvalue weighted by Crippen LogP contribution is -2.39. The molecule has 0 spiro atoms. The largest absolute Gasteiger partial charge is 0.338 e. The SMILES string of the molecule is Cc1ccccc1C(=O)N1CCC[C@@H](c2nnc(C(=O)Nc3ccc(F)cc3)s2)C1. The summed E-state index contributed by atoms with van der Waals surface area (Å²) in [6, 6.07) is 13.1. The van der Waals surface area contributed by atoms with Crippen LogP contribution in [0.15, 0.2) is 48.5 Å². The summed E-state index contributed by atoms with van der Waals surface area (Å²) in [6.45, 7) is 3.20. The number of halogens is 1. The summed E-state index contributed by atoms with van der Waals surface area (Å²) in [5, 5.41) is 11.9. The summed E-state index contributed by atoms with van der Waals surface area (Å²) in [4.78, 5) is 27.2. The van der Waals surface area contributed by atoms with Crippen molar-refractivity contribution in [1.82, 2.24) is 15.1 Å². The van der Waals surface area contributed by atoms with E-state index in [9.17, 15) is 14.0 Å². The van der Waals surface area contributed by atoms with Gasteiger partial charge in [-0.25, -0.2) is 4.39 Å². The molecule has 2 amide bonds. The predicted octanol–water partition coefficient (Wildman–Crippen LogP) is 4.26. The van der Waals surface area contributed by atoms with Crippen molar-refractivity contribution in [2.75, 3.05) is 18.4 Å². The fourth-order valence-corrected chi connectivity index (χ4v) is 4.42. The van der Waals surface area contributed by atoms with Crippen LogP contribution in [0, 0.1) is 12.7 Å². The van der Waals surface area contributed by atoms with Crippen LogP contribution in [0.4, 0.5) is 10.1 Å². The van der Waals surface area contributed by atoms with Crippen LogP contribution in [0.3, 0.4) is 0 Å². The van der Waals surface area contributed by atoms with Crippen LogP contribution >= 0.6 is 11.3 Å². The summed E-state index contributed by atoms with van der Waals surface area (Å²) >= 11 is 1.24. The topological polar surface area (TPSA) is 75.2 Å². The van der Waals surface area contributed by atoms with Gasteiger partial charge in [0.2, 0.25) is 5.01 Å². The maximum Gasteiger partial charge on any atom is 0.286 e. The van der Waals surface area contributed by atoms with Crippen LogP contribution < -0.4 is 5.32 Å². The first-order chi connectivity index (χ1) is 14.5. The molecule has 1 aromatic heterocycles. The Morgan fingerprint density at radius 3 is 2.67 bits per heavy atom. The van der Waals surface area contributed by atoms with E-state index < -0.39 is 0 Å². The Hall–Kier alpha value is -3.13. The molecule has 1 atom stereocenters. The highest BCUT2D eigenvalue weighted by atomic mass is 32.1. The van der Waals surface area contributed by atoms with E-state index in [2.05, 4.69) is 15.5 Å². The third-order valence-corrected chi connectivity index (χ3v) is 6.25. The lowest BCUT2D eigenvalue weighted by atomic mass is 9.97. The lowest BCUT2D eigenvalue weighted by molar-refractivity contribution is 0.0706. The second-order valence-corrected chi connectivity index (χ2v) is 8.32. The molecule has 1 saturated heterocycles. The maximum atomic E-state index is 13.0. The number of anilines is 1. The van der Waals surface area contributed by atoms with E-state index in [1.165, 1.54) is 35.6 Å². The summed E-state index contributed by atoms with van der Waals surface area (Å²) in [7, 11) is 0. The molecule has 4 rings (SSSR count). The third-order valence-electron chi connectivity index (χ3n) is 5.17. The summed E-state index contributed by atoms with van der Waals surface area (Å²) in [5.41, 5.74) is 2.17. The molecule has 0 saturated carbocycles. The first kappa shape index (κ1) is 20.2. The highest BCUT2D eigenvalue weighted by molar-refractivity contribution is 7.13. The zero-order chi connectivity index (χ0) is 21.1. The summed E-state index contributed by atoms with van der Waals surface area (Å²) in [6.07, 6.45) is 1.77. The van der Waals surface area contributed by atoms with Gasteiger partial charge in [-0.1, -0.05) is 29.5 Å². The Labute approximate surface area is 177 Å². The van der Waals surface area contributed by atoms with Crippen molar-refractivity contribution in [3.05, 3.63) is 75.5 Å². The van der Waals surface area contributed by atoms with Gasteiger partial charge >= 0.3 is 0 Å². The maximum absolute atomic E-state index is 13.0. The van der Waals surface area contributed by atoms with E-state index >= 15 is 0 Å². The number of aryl methyl sites for hydroxylation is 1. The molecule has 1 N–H and O–H groups in total. The molecular formula is C22H21FN4O2S. The number of hydrogen-bond acceptors (Lipinski definition) is 5. The van der Waals surface area contributed by atoms with Gasteiger partial charge in [-0.2, -0.15) is 0 Å². The number of carbonyl (C=O) groups is 2. The average molecular weight is 425 g/mol. The van der Waals surface area contributed by atoms with Crippen molar-refractivity contribution < 1.29 is 14.0 Å². The first-order valence-corrected chi connectivity index (χ1v) is 10.6. The van der Waals surface area contributed by atoms with E-state index in [-0.39, 0.29) is 28.6 Å². The number of aromatic nitrogens is 2. The Morgan fingerprint density at radius 1 is 1.13 bits per heavy atom. The van der Waals surface area contributed by atoms with Crippen molar-refractivity contribution in [1.29, 1.82) is 0 Å². The second kappa shape index (κ2) is 8.71. The molecule has 3 aromatic rings. The van der Waals surface area contributed by atoms with E-state index in [0.717, 1.165) is 29.0 Å². The molecule has 1 fully saturated rings. The van der Waals surface area contributed by atoms with Crippen molar-refractivity contribution in [2.24, 2.45) is 0 Å². The third kappa shape index (κ3) is 4.38. The standard InChI is InChI=1S/C22H21FN4O2S/c1-14-5-2-3-7-18(14)22(29)27-12-4-6-15(13-27)20-25-26-21(30-20)19(28)24-17-10-8-16(23)9-11-17/h2-3,5,7-11,15H,4,6,12-13H2,1H3,(H,24,28)/t15-/m1/s1. The second-order valence-electron chi connectivity index (χ2n) is 7.31. The molecule has 1 aliphatic rings. The van der Waals surface area contributed by atoms with Gasteiger partial charge < -0.3 is 10.2 Å². The van der Waals surface area contributed by atoms with Gasteiger partial charge in [-0.05, 0) is 55.7 Å². The van der Waals surface area contributed by atoms with Crippen LogP contribution in [0.2, 0.25) is 0 Å². The van der Waals surface area contributed by atoms with Gasteiger partial charge in [-0.3, -0.25) is 9.59 Å². The van der Waals surface area contributed by atoms with E-state index in [0.29, 0.717) is 18.8 Å². The zero-order valence-corrected chi connectivity index (χ0v) is 17.3. The number of nitrogens with one attached hydrogen (secondary N) is 1. The van der Waals surface area contributed by atoms with E-state index in [4.69, 9.17) is 0 Å². The molecule has 0 aliphatic carbocycles. The Balaban J connectivity index is 1.44. The Bertz CT molecular complexity index is 1070. The monoisotopic (exact) mass is 424 g/mol. The predicted molar refractivity (Wildman–Crippen MR) is 113 cm³/mol. The number of piperidine rings is 1. The smallest absolute Gasteiger partial charge is 0.286 e. The molecule has 2 aromatic carbocycles. The van der Waals surface area contributed by atoms with Gasteiger partial charge in [0.25, 0.3) is 11.8 Å². The van der Waals surface area contributed by atoms with Crippen LogP contribution in [-0.4, -0.2) is 40.0 Å². The number of hydrogen-bond donors (Lipinski definition) is 1. The molecule has 0 bridgehead atoms. The molecule has 8 heteroatoms. The first-order valence-electron chi connectivity index (χ1n) is 9.76. The normalized spacial score (nSPS) is 16.3. The van der Waals surface area contributed by atoms with Crippen LogP contribution in [0.25, 0.3) is 0 Å². The fraction of sp³-hybridized carbons (Fsp3) is 0.273. The number of rotatable bonds is 4. The average Bonchev–Trinajstić information content (AvgIpc) is 3.26. The fourth-order valence-electron chi connectivity index (χ4n) is 3.56. The highest BCUT2D eigenvalue weighted by Crippen LogP contribution is 2.30. The number of amides is 2. The number of benzene rings is 2. The number of carbonyl (C=O) groups excluding carboxylic acids is 2. The minimum Gasteiger partial charge on any atom is -0.338 e. The minimum absolute atomic E-state index is 0.0246. The van der Waals surface area contributed by atoms with E-state index in [1.54, 1.807) is 0 Å². The quantitative estimate of drug-likeness (QED) is 0.679. The van der Waals surface area contributed by atoms with E-state index in [1.807, 2.05) is 36.1 Å². The molecule has 1 aliphatic heterocycles. The molecule has 0 unspecified atom stereocenters. The van der Waals surface area contributed by atoms with Crippen molar-refractivity contribution in [2.45, 2.75) is 25.7 Å². The Kier molecular flexibility index (Phi) is 5.85. The van der Waals surface area contributed by atoms with Gasteiger partial charge in [0.05, 0.1) is 0 Å². The molecule has 2 heterocycles. The van der Waals surface area contributed by atoms with Gasteiger partial charge in [0, 0.05) is 30.3 Å². The van der Waals surface area contributed by atoms with Crippen LogP contribution in [0.5, 0.6) is 0 Å². The van der Waals surface area contributed by atoms with Crippen molar-refractivity contribution in [3.8, 4) is 0 Å². The van der Waals surface area contributed by atoms with Gasteiger partial charge in [0.1, 0.15) is 10.8 Å². The lowest BCUT2D eigenvalue weighted by Gasteiger charge is -2.32. The van der Waals surface area contributed by atoms with Crippen LogP contribution in [0.1, 0.15) is 49.5 Å².